The maximum Gasteiger partial charge on any atom is 0.191 e. The van der Waals surface area contributed by atoms with Crippen molar-refractivity contribution in [1.82, 2.24) is 10.6 Å². The smallest absolute Gasteiger partial charge is 0.191 e. The minimum atomic E-state index is 0.193. The average molecular weight is 303 g/mol. The summed E-state index contributed by atoms with van der Waals surface area (Å²) >= 11 is 0. The Balaban J connectivity index is 2.11. The predicted octanol–water partition coefficient (Wildman–Crippen LogP) is 3.08. The van der Waals surface area contributed by atoms with E-state index < -0.39 is 0 Å². The number of aliphatic imine (C=N–C) groups is 1. The largest absolute Gasteiger partial charge is 0.497 e. The quantitative estimate of drug-likeness (QED) is 0.627. The summed E-state index contributed by atoms with van der Waals surface area (Å²) in [5.74, 6) is 1.84. The second-order valence-corrected chi connectivity index (χ2v) is 6.07. The summed E-state index contributed by atoms with van der Waals surface area (Å²) in [6.45, 7) is 4.03. The van der Waals surface area contributed by atoms with Crippen molar-refractivity contribution in [2.75, 3.05) is 27.2 Å². The summed E-state index contributed by atoms with van der Waals surface area (Å²) in [5.41, 5.74) is 1.57. The zero-order chi connectivity index (χ0) is 15.8. The predicted molar refractivity (Wildman–Crippen MR) is 92.8 cm³/mol. The van der Waals surface area contributed by atoms with Gasteiger partial charge in [0.05, 0.1) is 7.11 Å². The van der Waals surface area contributed by atoms with Gasteiger partial charge in [0.25, 0.3) is 0 Å². The van der Waals surface area contributed by atoms with Gasteiger partial charge in [0.15, 0.2) is 5.96 Å². The van der Waals surface area contributed by atoms with Crippen LogP contribution < -0.4 is 15.4 Å². The molecule has 4 nitrogen and oxygen atoms in total. The van der Waals surface area contributed by atoms with Crippen molar-refractivity contribution < 1.29 is 4.74 Å². The van der Waals surface area contributed by atoms with Gasteiger partial charge >= 0.3 is 0 Å². The number of methoxy groups -OCH3 is 1. The highest BCUT2D eigenvalue weighted by Crippen LogP contribution is 2.41. The Morgan fingerprint density at radius 2 is 2.05 bits per heavy atom. The number of ether oxygens (including phenoxy) is 1. The molecule has 0 bridgehead atoms. The summed E-state index contributed by atoms with van der Waals surface area (Å²) in [5, 5.41) is 6.87. The van der Waals surface area contributed by atoms with Gasteiger partial charge in [0.1, 0.15) is 5.75 Å². The van der Waals surface area contributed by atoms with Gasteiger partial charge in [0.2, 0.25) is 0 Å². The van der Waals surface area contributed by atoms with Gasteiger partial charge in [-0.15, -0.1) is 0 Å². The molecule has 2 rings (SSSR count). The third-order valence-corrected chi connectivity index (χ3v) is 4.60. The molecule has 0 amide bonds. The number of rotatable bonds is 6. The topological polar surface area (TPSA) is 45.7 Å². The first-order chi connectivity index (χ1) is 10.7. The fraction of sp³-hybridized carbons (Fsp3) is 0.611. The van der Waals surface area contributed by atoms with Gasteiger partial charge in [-0.05, 0) is 37.0 Å². The van der Waals surface area contributed by atoms with E-state index in [4.69, 9.17) is 4.74 Å². The molecule has 0 atom stereocenters. The van der Waals surface area contributed by atoms with Crippen LogP contribution in [0.3, 0.4) is 0 Å². The lowest BCUT2D eigenvalue weighted by atomic mass is 9.78. The molecule has 1 fully saturated rings. The molecule has 0 heterocycles. The molecular weight excluding hydrogens is 274 g/mol. The van der Waals surface area contributed by atoms with Crippen LogP contribution in [-0.2, 0) is 5.41 Å². The van der Waals surface area contributed by atoms with Crippen molar-refractivity contribution in [1.29, 1.82) is 0 Å². The molecule has 0 saturated heterocycles. The number of hydrogen-bond acceptors (Lipinski definition) is 2. The van der Waals surface area contributed by atoms with Gasteiger partial charge in [0, 0.05) is 25.6 Å². The summed E-state index contributed by atoms with van der Waals surface area (Å²) in [6, 6.07) is 8.53. The Bertz CT molecular complexity index is 493. The number of hydrogen-bond donors (Lipinski definition) is 2. The third kappa shape index (κ3) is 3.93. The molecule has 0 unspecified atom stereocenters. The fourth-order valence-corrected chi connectivity index (χ4v) is 3.29. The van der Waals surface area contributed by atoms with Crippen molar-refractivity contribution in [3.63, 3.8) is 0 Å². The zero-order valence-electron chi connectivity index (χ0n) is 14.1. The fourth-order valence-electron chi connectivity index (χ4n) is 3.29. The summed E-state index contributed by atoms with van der Waals surface area (Å²) in [4.78, 5) is 4.31. The lowest BCUT2D eigenvalue weighted by molar-refractivity contribution is 0.404. The Kier molecular flexibility index (Phi) is 6.10. The zero-order valence-corrected chi connectivity index (χ0v) is 14.1. The van der Waals surface area contributed by atoms with E-state index in [9.17, 15) is 0 Å². The Hall–Kier alpha value is -1.71. The van der Waals surface area contributed by atoms with Gasteiger partial charge < -0.3 is 15.4 Å². The average Bonchev–Trinajstić information content (AvgIpc) is 3.05. The monoisotopic (exact) mass is 303 g/mol. The van der Waals surface area contributed by atoms with Crippen LogP contribution in [0, 0.1) is 0 Å². The van der Waals surface area contributed by atoms with Crippen molar-refractivity contribution in [2.24, 2.45) is 4.99 Å². The van der Waals surface area contributed by atoms with Crippen LogP contribution in [-0.4, -0.2) is 33.2 Å². The molecular formula is C18H29N3O. The van der Waals surface area contributed by atoms with Crippen LogP contribution in [0.25, 0.3) is 0 Å². The number of guanidine groups is 1. The first kappa shape index (κ1) is 16.7. The lowest BCUT2D eigenvalue weighted by Gasteiger charge is -2.31. The van der Waals surface area contributed by atoms with Crippen LogP contribution >= 0.6 is 0 Å². The van der Waals surface area contributed by atoms with Gasteiger partial charge in [-0.3, -0.25) is 4.99 Å². The molecule has 4 heteroatoms. The molecule has 2 N–H and O–H groups in total. The van der Waals surface area contributed by atoms with E-state index in [1.807, 2.05) is 13.1 Å². The van der Waals surface area contributed by atoms with E-state index in [1.165, 1.54) is 31.2 Å². The standard InChI is InChI=1S/C18H29N3O/c1-4-12-20-17(19-2)21-14-18(10-5-6-11-18)15-8-7-9-16(13-15)22-3/h7-9,13H,4-6,10-12,14H2,1-3H3,(H2,19,20,21). The maximum atomic E-state index is 5.40. The van der Waals surface area contributed by atoms with Crippen molar-refractivity contribution in [2.45, 2.75) is 44.4 Å². The molecule has 0 aromatic heterocycles. The minimum absolute atomic E-state index is 0.193. The Morgan fingerprint density at radius 3 is 2.68 bits per heavy atom. The van der Waals surface area contributed by atoms with E-state index >= 15 is 0 Å². The Labute approximate surface area is 134 Å². The highest BCUT2D eigenvalue weighted by molar-refractivity contribution is 5.79. The maximum absolute atomic E-state index is 5.40. The van der Waals surface area contributed by atoms with E-state index in [-0.39, 0.29) is 5.41 Å². The molecule has 0 aliphatic heterocycles. The summed E-state index contributed by atoms with van der Waals surface area (Å²) < 4.78 is 5.40. The molecule has 1 aromatic rings. The number of nitrogens with zero attached hydrogens (tertiary/aromatic N) is 1. The molecule has 0 spiro atoms. The van der Waals surface area contributed by atoms with Crippen molar-refractivity contribution in [3.8, 4) is 5.75 Å². The summed E-state index contributed by atoms with van der Waals surface area (Å²) in [6.07, 6.45) is 6.12. The van der Waals surface area contributed by atoms with Crippen LogP contribution in [0.4, 0.5) is 0 Å². The van der Waals surface area contributed by atoms with Crippen LogP contribution in [0.1, 0.15) is 44.6 Å². The van der Waals surface area contributed by atoms with Gasteiger partial charge in [-0.1, -0.05) is 31.9 Å². The van der Waals surface area contributed by atoms with Crippen LogP contribution in [0.15, 0.2) is 29.3 Å². The normalized spacial score (nSPS) is 17.3. The number of nitrogens with one attached hydrogen (secondary N) is 2. The second-order valence-electron chi connectivity index (χ2n) is 6.07. The summed E-state index contributed by atoms with van der Waals surface area (Å²) in [7, 11) is 3.56. The highest BCUT2D eigenvalue weighted by Gasteiger charge is 2.35. The van der Waals surface area contributed by atoms with Crippen LogP contribution in [0.5, 0.6) is 5.75 Å². The Morgan fingerprint density at radius 1 is 1.27 bits per heavy atom. The third-order valence-electron chi connectivity index (χ3n) is 4.60. The molecule has 1 saturated carbocycles. The molecule has 1 aromatic carbocycles. The first-order valence-electron chi connectivity index (χ1n) is 8.33. The highest BCUT2D eigenvalue weighted by atomic mass is 16.5. The molecule has 1 aliphatic carbocycles. The van der Waals surface area contributed by atoms with E-state index in [0.717, 1.165) is 31.2 Å². The van der Waals surface area contributed by atoms with Crippen molar-refractivity contribution in [3.05, 3.63) is 29.8 Å². The van der Waals surface area contributed by atoms with Gasteiger partial charge in [-0.25, -0.2) is 0 Å². The minimum Gasteiger partial charge on any atom is -0.497 e. The SMILES string of the molecule is CCCNC(=NC)NCC1(c2cccc(OC)c2)CCCC1. The molecule has 22 heavy (non-hydrogen) atoms. The van der Waals surface area contributed by atoms with Crippen molar-refractivity contribution >= 4 is 5.96 Å². The first-order valence-corrected chi connectivity index (χ1v) is 8.33. The van der Waals surface area contributed by atoms with Crippen LogP contribution in [0.2, 0.25) is 0 Å². The van der Waals surface area contributed by atoms with Gasteiger partial charge in [-0.2, -0.15) is 0 Å². The second kappa shape index (κ2) is 8.06. The van der Waals surface area contributed by atoms with E-state index in [2.05, 4.69) is 40.7 Å². The van der Waals surface area contributed by atoms with E-state index in [0.29, 0.717) is 0 Å². The number of benzene rings is 1. The lowest BCUT2D eigenvalue weighted by Crippen LogP contribution is -2.44. The van der Waals surface area contributed by atoms with E-state index in [1.54, 1.807) is 7.11 Å². The molecule has 122 valence electrons. The molecule has 0 radical (unpaired) electrons. The molecule has 1 aliphatic rings.